The number of aliphatic hydroxyl groups excluding tert-OH is 1. The van der Waals surface area contributed by atoms with Crippen molar-refractivity contribution < 1.29 is 28.3 Å². The molecule has 2 aromatic carbocycles. The zero-order chi connectivity index (χ0) is 27.4. The Bertz CT molecular complexity index is 1400. The molecule has 0 amide bonds. The first-order chi connectivity index (χ1) is 18.1. The predicted molar refractivity (Wildman–Crippen MR) is 146 cm³/mol. The molecule has 38 heavy (non-hydrogen) atoms. The molecule has 0 spiro atoms. The summed E-state index contributed by atoms with van der Waals surface area (Å²) in [5.74, 6) is -0.515. The van der Waals surface area contributed by atoms with Crippen LogP contribution in [0.4, 0.5) is 5.82 Å². The minimum Gasteiger partial charge on any atom is -0.468 e. The topological polar surface area (TPSA) is 155 Å². The quantitative estimate of drug-likeness (QED) is 0.246. The van der Waals surface area contributed by atoms with E-state index in [0.29, 0.717) is 0 Å². The largest absolute Gasteiger partial charge is 0.468 e. The van der Waals surface area contributed by atoms with E-state index < -0.39 is 42.2 Å². The molecule has 0 aliphatic carbocycles. The van der Waals surface area contributed by atoms with E-state index in [1.807, 2.05) is 30.3 Å². The number of rotatable bonds is 10. The highest BCUT2D eigenvalue weighted by atomic mass is 32.2. The molecule has 0 radical (unpaired) electrons. The summed E-state index contributed by atoms with van der Waals surface area (Å²) in [6.07, 6.45) is 0.923. The van der Waals surface area contributed by atoms with Crippen molar-refractivity contribution in [3.8, 4) is 5.75 Å². The molecule has 0 saturated carbocycles. The molecule has 1 aliphatic heterocycles. The van der Waals surface area contributed by atoms with Gasteiger partial charge in [-0.05, 0) is 34.9 Å². The van der Waals surface area contributed by atoms with E-state index in [9.17, 15) is 19.3 Å². The van der Waals surface area contributed by atoms with Gasteiger partial charge in [0.15, 0.2) is 0 Å². The average molecular weight is 563 g/mol. The number of hydrogen-bond donors (Lipinski definition) is 3. The third-order valence-corrected chi connectivity index (χ3v) is 9.21. The minimum atomic E-state index is -4.16. The summed E-state index contributed by atoms with van der Waals surface area (Å²) in [7, 11) is -2.91. The first-order valence-electron chi connectivity index (χ1n) is 12.1. The Morgan fingerprint density at radius 2 is 2.00 bits per heavy atom. The van der Waals surface area contributed by atoms with Crippen LogP contribution in [0.5, 0.6) is 5.75 Å². The van der Waals surface area contributed by atoms with Gasteiger partial charge in [0.25, 0.3) is 0 Å². The van der Waals surface area contributed by atoms with Crippen molar-refractivity contribution in [2.24, 2.45) is 5.92 Å². The summed E-state index contributed by atoms with van der Waals surface area (Å²) in [6.45, 7) is 3.37. The number of methoxy groups -OCH3 is 1. The van der Waals surface area contributed by atoms with Crippen LogP contribution >= 0.6 is 19.5 Å². The summed E-state index contributed by atoms with van der Waals surface area (Å²) in [5.41, 5.74) is 5.05. The van der Waals surface area contributed by atoms with Crippen LogP contribution in [0.25, 0.3) is 10.8 Å². The summed E-state index contributed by atoms with van der Waals surface area (Å²) in [6, 6.07) is 13.4. The molecule has 2 unspecified atom stereocenters. The normalized spacial score (nSPS) is 21.8. The van der Waals surface area contributed by atoms with E-state index >= 15 is 0 Å². The van der Waals surface area contributed by atoms with Crippen LogP contribution in [0.3, 0.4) is 0 Å². The SMILES string of the molecule is COC(=O)[C@@H](NP(=O)(OC[C@H]1S[C@@H](n2ccc(N)nc2=O)CC1O)Oc1ccc2ccccc2c1)C(C)C. The second kappa shape index (κ2) is 11.9. The van der Waals surface area contributed by atoms with Gasteiger partial charge in [0.05, 0.1) is 30.4 Å². The number of aliphatic hydroxyl groups is 1. The Balaban J connectivity index is 1.55. The fourth-order valence-corrected chi connectivity index (χ4v) is 7.29. The van der Waals surface area contributed by atoms with Gasteiger partial charge in [-0.15, -0.1) is 11.8 Å². The van der Waals surface area contributed by atoms with E-state index in [2.05, 4.69) is 10.1 Å². The van der Waals surface area contributed by atoms with E-state index in [1.54, 1.807) is 26.0 Å². The molecule has 5 atom stereocenters. The molecule has 11 nitrogen and oxygen atoms in total. The third kappa shape index (κ3) is 6.57. The molecule has 1 saturated heterocycles. The van der Waals surface area contributed by atoms with Crippen molar-refractivity contribution in [2.75, 3.05) is 19.5 Å². The number of esters is 1. The number of thioether (sulfide) groups is 1. The Labute approximate surface area is 224 Å². The first-order valence-corrected chi connectivity index (χ1v) is 14.5. The monoisotopic (exact) mass is 562 g/mol. The van der Waals surface area contributed by atoms with Crippen molar-refractivity contribution in [2.45, 2.75) is 43.0 Å². The molecule has 4 N–H and O–H groups in total. The molecule has 1 aromatic heterocycles. The number of anilines is 1. The number of carbonyl (C=O) groups is 1. The summed E-state index contributed by atoms with van der Waals surface area (Å²) in [5, 5.41) is 14.3. The second-order valence-electron chi connectivity index (χ2n) is 9.24. The van der Waals surface area contributed by atoms with Crippen LogP contribution in [0.15, 0.2) is 59.5 Å². The lowest BCUT2D eigenvalue weighted by Crippen LogP contribution is -2.41. The van der Waals surface area contributed by atoms with E-state index in [1.165, 1.54) is 35.7 Å². The summed E-state index contributed by atoms with van der Waals surface area (Å²) >= 11 is 1.29. The molecule has 2 heterocycles. The highest BCUT2D eigenvalue weighted by molar-refractivity contribution is 8.00. The Morgan fingerprint density at radius 3 is 2.68 bits per heavy atom. The van der Waals surface area contributed by atoms with Crippen LogP contribution in [0.2, 0.25) is 0 Å². The minimum absolute atomic E-state index is 0.109. The van der Waals surface area contributed by atoms with E-state index in [-0.39, 0.29) is 30.5 Å². The van der Waals surface area contributed by atoms with Crippen molar-refractivity contribution in [3.63, 3.8) is 0 Å². The highest BCUT2D eigenvalue weighted by Gasteiger charge is 2.40. The van der Waals surface area contributed by atoms with Crippen LogP contribution in [-0.2, 0) is 18.6 Å². The Morgan fingerprint density at radius 1 is 1.26 bits per heavy atom. The number of fused-ring (bicyclic) bond motifs is 1. The van der Waals surface area contributed by atoms with Crippen LogP contribution in [0.1, 0.15) is 25.6 Å². The number of benzene rings is 2. The Hall–Kier alpha value is -2.89. The van der Waals surface area contributed by atoms with Crippen LogP contribution < -0.4 is 21.0 Å². The van der Waals surface area contributed by atoms with Crippen molar-refractivity contribution in [1.29, 1.82) is 0 Å². The average Bonchev–Trinajstić information content (AvgIpc) is 3.25. The van der Waals surface area contributed by atoms with Crippen molar-refractivity contribution >= 4 is 42.1 Å². The molecular weight excluding hydrogens is 531 g/mol. The van der Waals surface area contributed by atoms with Gasteiger partial charge in [0, 0.05) is 12.6 Å². The number of nitrogens with one attached hydrogen (secondary N) is 1. The molecule has 1 aliphatic rings. The molecule has 1 fully saturated rings. The standard InChI is InChI=1S/C25H31N4O7PS/c1-15(2)23(24(31)34-3)28-37(33,36-18-9-8-16-6-4-5-7-17(16)12-18)35-14-20-19(30)13-22(38-20)29-11-10-21(26)27-25(29)32/h4-12,15,19-20,22-23,30H,13-14H2,1-3H3,(H,28,33)(H2,26,27,32)/t19?,20-,22-,23+,37?/m1/s1. The number of nitrogens with two attached hydrogens (primary N) is 1. The van der Waals surface area contributed by atoms with Crippen LogP contribution in [-0.4, -0.2) is 51.7 Å². The Kier molecular flexibility index (Phi) is 8.79. The zero-order valence-corrected chi connectivity index (χ0v) is 22.9. The van der Waals surface area contributed by atoms with E-state index in [4.69, 9.17) is 19.5 Å². The van der Waals surface area contributed by atoms with Gasteiger partial charge in [0.1, 0.15) is 17.6 Å². The second-order valence-corrected chi connectivity index (χ2v) is 12.4. The molecule has 3 aromatic rings. The van der Waals surface area contributed by atoms with Gasteiger partial charge in [-0.2, -0.15) is 10.1 Å². The third-order valence-electron chi connectivity index (χ3n) is 6.14. The molecule has 204 valence electrons. The molecule has 13 heteroatoms. The van der Waals surface area contributed by atoms with E-state index in [0.717, 1.165) is 10.8 Å². The lowest BCUT2D eigenvalue weighted by molar-refractivity contribution is -0.143. The fraction of sp³-hybridized carbons (Fsp3) is 0.400. The van der Waals surface area contributed by atoms with Gasteiger partial charge in [-0.3, -0.25) is 13.9 Å². The molecular formula is C25H31N4O7PS. The maximum Gasteiger partial charge on any atom is 0.459 e. The lowest BCUT2D eigenvalue weighted by Gasteiger charge is -2.27. The number of nitrogens with zero attached hydrogens (tertiary/aromatic N) is 2. The van der Waals surface area contributed by atoms with Crippen molar-refractivity contribution in [1.82, 2.24) is 14.6 Å². The number of carbonyl (C=O) groups excluding carboxylic acids is 1. The van der Waals surface area contributed by atoms with Gasteiger partial charge in [-0.25, -0.2) is 9.36 Å². The summed E-state index contributed by atoms with van der Waals surface area (Å²) < 4.78 is 32.0. The van der Waals surface area contributed by atoms with Crippen molar-refractivity contribution in [3.05, 3.63) is 65.2 Å². The van der Waals surface area contributed by atoms with Gasteiger partial charge >= 0.3 is 19.4 Å². The van der Waals surface area contributed by atoms with Crippen LogP contribution in [0, 0.1) is 5.92 Å². The molecule has 4 rings (SSSR count). The number of hydrogen-bond acceptors (Lipinski definition) is 10. The van der Waals surface area contributed by atoms with Gasteiger partial charge in [-0.1, -0.05) is 44.2 Å². The zero-order valence-electron chi connectivity index (χ0n) is 21.2. The summed E-state index contributed by atoms with van der Waals surface area (Å²) in [4.78, 5) is 28.4. The number of aromatic nitrogens is 2. The fourth-order valence-electron chi connectivity index (χ4n) is 4.08. The maximum atomic E-state index is 14.0. The molecule has 0 bridgehead atoms. The first kappa shape index (κ1) is 28.1. The highest BCUT2D eigenvalue weighted by Crippen LogP contribution is 2.49. The maximum absolute atomic E-state index is 14.0. The smallest absolute Gasteiger partial charge is 0.459 e. The predicted octanol–water partition coefficient (Wildman–Crippen LogP) is 3.33. The lowest BCUT2D eigenvalue weighted by atomic mass is 10.1. The van der Waals surface area contributed by atoms with Gasteiger partial charge < -0.3 is 20.1 Å². The number of ether oxygens (including phenoxy) is 1. The number of nitrogen functional groups attached to an aromatic ring is 1. The van der Waals surface area contributed by atoms with Gasteiger partial charge in [0.2, 0.25) is 0 Å².